The van der Waals surface area contributed by atoms with Crippen molar-refractivity contribution in [2.24, 2.45) is 5.41 Å². The minimum atomic E-state index is 0. The summed E-state index contributed by atoms with van der Waals surface area (Å²) in [5, 5.41) is 3.46. The van der Waals surface area contributed by atoms with Crippen molar-refractivity contribution in [1.29, 1.82) is 0 Å². The third-order valence-electron chi connectivity index (χ3n) is 3.59. The van der Waals surface area contributed by atoms with Crippen molar-refractivity contribution < 1.29 is 9.15 Å². The molecule has 2 saturated heterocycles. The molecule has 1 unspecified atom stereocenters. The molecule has 15 heavy (non-hydrogen) atoms. The van der Waals surface area contributed by atoms with Gasteiger partial charge in [0.05, 0.1) is 12.3 Å². The van der Waals surface area contributed by atoms with Crippen LogP contribution in [0.1, 0.15) is 24.6 Å². The number of ether oxygens (including phenoxy) is 1. The Bertz CT molecular complexity index is 306. The highest BCUT2D eigenvalue weighted by Gasteiger charge is 2.49. The second-order valence-corrected chi connectivity index (χ2v) is 4.30. The van der Waals surface area contributed by atoms with Gasteiger partial charge >= 0.3 is 0 Å². The number of rotatable bonds is 1. The van der Waals surface area contributed by atoms with Crippen LogP contribution < -0.4 is 5.32 Å². The summed E-state index contributed by atoms with van der Waals surface area (Å²) in [7, 11) is 0. The molecule has 0 aromatic carbocycles. The lowest BCUT2D eigenvalue weighted by Gasteiger charge is -2.51. The fraction of sp³-hybridized carbons (Fsp3) is 0.636. The predicted octanol–water partition coefficient (Wildman–Crippen LogP) is 2.14. The van der Waals surface area contributed by atoms with Gasteiger partial charge in [0.2, 0.25) is 0 Å². The van der Waals surface area contributed by atoms with E-state index in [1.807, 2.05) is 6.07 Å². The Morgan fingerprint density at radius 1 is 1.33 bits per heavy atom. The molecule has 2 fully saturated rings. The monoisotopic (exact) mass is 229 g/mol. The molecule has 4 heteroatoms. The zero-order chi connectivity index (χ0) is 9.43. The molecule has 3 heterocycles. The summed E-state index contributed by atoms with van der Waals surface area (Å²) in [4.78, 5) is 0. The van der Waals surface area contributed by atoms with Crippen LogP contribution in [0.3, 0.4) is 0 Å². The highest BCUT2D eigenvalue weighted by Crippen LogP contribution is 2.48. The highest BCUT2D eigenvalue weighted by molar-refractivity contribution is 5.85. The third-order valence-corrected chi connectivity index (χ3v) is 3.59. The van der Waals surface area contributed by atoms with Crippen molar-refractivity contribution in [2.75, 3.05) is 19.8 Å². The van der Waals surface area contributed by atoms with Crippen molar-refractivity contribution in [3.8, 4) is 0 Å². The first-order chi connectivity index (χ1) is 6.91. The van der Waals surface area contributed by atoms with E-state index in [-0.39, 0.29) is 12.4 Å². The fourth-order valence-electron chi connectivity index (χ4n) is 2.59. The van der Waals surface area contributed by atoms with Crippen LogP contribution >= 0.6 is 12.4 Å². The Morgan fingerprint density at radius 3 is 2.67 bits per heavy atom. The normalized spacial score (nSPS) is 28.1. The molecule has 0 bridgehead atoms. The molecule has 84 valence electrons. The number of hydrogen-bond acceptors (Lipinski definition) is 3. The van der Waals surface area contributed by atoms with E-state index in [4.69, 9.17) is 9.15 Å². The summed E-state index contributed by atoms with van der Waals surface area (Å²) in [6.45, 7) is 2.92. The van der Waals surface area contributed by atoms with Gasteiger partial charge in [0.1, 0.15) is 5.76 Å². The van der Waals surface area contributed by atoms with Gasteiger partial charge in [-0.25, -0.2) is 0 Å². The van der Waals surface area contributed by atoms with Gasteiger partial charge in [0.25, 0.3) is 0 Å². The molecule has 3 rings (SSSR count). The van der Waals surface area contributed by atoms with Crippen molar-refractivity contribution in [3.63, 3.8) is 0 Å². The van der Waals surface area contributed by atoms with E-state index < -0.39 is 0 Å². The molecule has 3 nitrogen and oxygen atoms in total. The summed E-state index contributed by atoms with van der Waals surface area (Å²) in [5.74, 6) is 1.08. The molecule has 2 aliphatic rings. The SMILES string of the molecule is Cl.c1coc(C2NCC23CCOCC3)c1. The molecule has 0 radical (unpaired) electrons. The van der Waals surface area contributed by atoms with E-state index in [0.29, 0.717) is 11.5 Å². The molecule has 0 saturated carbocycles. The maximum atomic E-state index is 5.46. The minimum absolute atomic E-state index is 0. The van der Waals surface area contributed by atoms with Crippen LogP contribution in [0.15, 0.2) is 22.8 Å². The van der Waals surface area contributed by atoms with Crippen LogP contribution in [0.25, 0.3) is 0 Å². The van der Waals surface area contributed by atoms with Crippen LogP contribution in [0, 0.1) is 5.41 Å². The summed E-state index contributed by atoms with van der Waals surface area (Å²) < 4.78 is 10.9. The summed E-state index contributed by atoms with van der Waals surface area (Å²) in [6.07, 6.45) is 4.07. The van der Waals surface area contributed by atoms with Crippen LogP contribution in [0.5, 0.6) is 0 Å². The van der Waals surface area contributed by atoms with Crippen LogP contribution in [-0.2, 0) is 4.74 Å². The Balaban J connectivity index is 0.000000853. The van der Waals surface area contributed by atoms with Crippen molar-refractivity contribution >= 4 is 12.4 Å². The lowest BCUT2D eigenvalue weighted by atomic mass is 9.67. The zero-order valence-corrected chi connectivity index (χ0v) is 9.39. The first kappa shape index (κ1) is 11.0. The van der Waals surface area contributed by atoms with E-state index in [1.54, 1.807) is 6.26 Å². The Labute approximate surface area is 95.6 Å². The molecule has 0 aliphatic carbocycles. The van der Waals surface area contributed by atoms with Gasteiger partial charge in [-0.05, 0) is 25.0 Å². The van der Waals surface area contributed by atoms with Gasteiger partial charge in [0, 0.05) is 25.2 Å². The Hall–Kier alpha value is -0.510. The van der Waals surface area contributed by atoms with Gasteiger partial charge in [-0.1, -0.05) is 0 Å². The third kappa shape index (κ3) is 1.69. The van der Waals surface area contributed by atoms with E-state index >= 15 is 0 Å². The molecule has 1 spiro atoms. The lowest BCUT2D eigenvalue weighted by molar-refractivity contribution is -0.0535. The Kier molecular flexibility index (Phi) is 3.05. The second-order valence-electron chi connectivity index (χ2n) is 4.30. The smallest absolute Gasteiger partial charge is 0.121 e. The first-order valence-corrected chi connectivity index (χ1v) is 5.25. The maximum absolute atomic E-state index is 5.46. The predicted molar refractivity (Wildman–Crippen MR) is 59.2 cm³/mol. The van der Waals surface area contributed by atoms with E-state index in [1.165, 1.54) is 0 Å². The molecular weight excluding hydrogens is 214 g/mol. The van der Waals surface area contributed by atoms with E-state index in [0.717, 1.165) is 38.4 Å². The highest BCUT2D eigenvalue weighted by atomic mass is 35.5. The number of nitrogens with one attached hydrogen (secondary N) is 1. The van der Waals surface area contributed by atoms with E-state index in [2.05, 4.69) is 11.4 Å². The van der Waals surface area contributed by atoms with Crippen LogP contribution in [0.4, 0.5) is 0 Å². The fourth-order valence-corrected chi connectivity index (χ4v) is 2.59. The van der Waals surface area contributed by atoms with Crippen LogP contribution in [-0.4, -0.2) is 19.8 Å². The molecule has 1 atom stereocenters. The number of halogens is 1. The topological polar surface area (TPSA) is 34.4 Å². The molecule has 2 aliphatic heterocycles. The molecule has 0 amide bonds. The summed E-state index contributed by atoms with van der Waals surface area (Å²) in [6, 6.07) is 4.44. The van der Waals surface area contributed by atoms with Crippen molar-refractivity contribution in [1.82, 2.24) is 5.32 Å². The molecule has 1 aromatic rings. The number of furan rings is 1. The summed E-state index contributed by atoms with van der Waals surface area (Å²) >= 11 is 0. The summed E-state index contributed by atoms with van der Waals surface area (Å²) in [5.41, 5.74) is 0.413. The zero-order valence-electron chi connectivity index (χ0n) is 8.57. The largest absolute Gasteiger partial charge is 0.468 e. The first-order valence-electron chi connectivity index (χ1n) is 5.25. The van der Waals surface area contributed by atoms with Crippen LogP contribution in [0.2, 0.25) is 0 Å². The maximum Gasteiger partial charge on any atom is 0.121 e. The van der Waals surface area contributed by atoms with Gasteiger partial charge in [-0.15, -0.1) is 12.4 Å². The van der Waals surface area contributed by atoms with Gasteiger partial charge in [-0.3, -0.25) is 0 Å². The average Bonchev–Trinajstić information content (AvgIpc) is 2.71. The molecule has 1 aromatic heterocycles. The van der Waals surface area contributed by atoms with Gasteiger partial charge in [0.15, 0.2) is 0 Å². The quantitative estimate of drug-likeness (QED) is 0.801. The molecular formula is C11H16ClNO2. The number of hydrogen-bond donors (Lipinski definition) is 1. The minimum Gasteiger partial charge on any atom is -0.468 e. The van der Waals surface area contributed by atoms with Crippen molar-refractivity contribution in [3.05, 3.63) is 24.2 Å². The molecule has 1 N–H and O–H groups in total. The van der Waals surface area contributed by atoms with Gasteiger partial charge < -0.3 is 14.5 Å². The van der Waals surface area contributed by atoms with E-state index in [9.17, 15) is 0 Å². The van der Waals surface area contributed by atoms with Crippen molar-refractivity contribution in [2.45, 2.75) is 18.9 Å². The standard InChI is InChI=1S/C11H15NO2.ClH/c1-2-9(14-5-1)10-11(8-12-10)3-6-13-7-4-11;/h1-2,5,10,12H,3-4,6-8H2;1H. The average molecular weight is 230 g/mol. The Morgan fingerprint density at radius 2 is 2.13 bits per heavy atom. The second kappa shape index (κ2) is 4.16. The van der Waals surface area contributed by atoms with Gasteiger partial charge in [-0.2, -0.15) is 0 Å². The lowest BCUT2D eigenvalue weighted by Crippen LogP contribution is -2.58.